The molecule has 25 heavy (non-hydrogen) atoms. The van der Waals surface area contributed by atoms with E-state index >= 15 is 0 Å². The summed E-state index contributed by atoms with van der Waals surface area (Å²) in [5.74, 6) is 1.13. The molecule has 0 aliphatic rings. The lowest BCUT2D eigenvalue weighted by molar-refractivity contribution is 0.101. The van der Waals surface area contributed by atoms with E-state index in [9.17, 15) is 10.1 Å². The van der Waals surface area contributed by atoms with E-state index in [1.807, 2.05) is 36.4 Å². The first-order chi connectivity index (χ1) is 12.1. The van der Waals surface area contributed by atoms with Crippen LogP contribution in [0.3, 0.4) is 0 Å². The van der Waals surface area contributed by atoms with Crippen molar-refractivity contribution < 1.29 is 9.32 Å². The summed E-state index contributed by atoms with van der Waals surface area (Å²) in [5, 5.41) is 14.0. The van der Waals surface area contributed by atoms with Crippen molar-refractivity contribution in [2.45, 2.75) is 24.6 Å². The lowest BCUT2D eigenvalue weighted by atomic mass is 10.1. The smallest absolute Gasteiger partial charge is 0.167 e. The molecule has 0 amide bonds. The average Bonchev–Trinajstić information content (AvgIpc) is 3.09. The van der Waals surface area contributed by atoms with Gasteiger partial charge < -0.3 is 4.52 Å². The molecule has 0 atom stereocenters. The normalized spacial score (nSPS) is 10.4. The molecular formula is C19H15N3O2S. The van der Waals surface area contributed by atoms with E-state index in [2.05, 4.69) is 16.2 Å². The predicted octanol–water partition coefficient (Wildman–Crippen LogP) is 4.41. The molecule has 3 aromatic rings. The van der Waals surface area contributed by atoms with Gasteiger partial charge in [0.1, 0.15) is 11.1 Å². The Labute approximate surface area is 149 Å². The number of ketones is 1. The van der Waals surface area contributed by atoms with Crippen LogP contribution in [0.25, 0.3) is 11.3 Å². The fraction of sp³-hybridized carbons (Fsp3) is 0.158. The highest BCUT2D eigenvalue weighted by atomic mass is 32.2. The highest BCUT2D eigenvalue weighted by Gasteiger charge is 2.14. The topological polar surface area (TPSA) is 79.8 Å². The quantitative estimate of drug-likeness (QED) is 0.501. The van der Waals surface area contributed by atoms with Crippen LogP contribution in [0.2, 0.25) is 0 Å². The highest BCUT2D eigenvalue weighted by molar-refractivity contribution is 7.98. The molecule has 0 aliphatic heterocycles. The summed E-state index contributed by atoms with van der Waals surface area (Å²) < 4.78 is 5.38. The van der Waals surface area contributed by atoms with Gasteiger partial charge in [-0.1, -0.05) is 47.3 Å². The number of benzene rings is 1. The van der Waals surface area contributed by atoms with Crippen LogP contribution in [0.5, 0.6) is 0 Å². The third kappa shape index (κ3) is 3.78. The van der Waals surface area contributed by atoms with E-state index < -0.39 is 0 Å². The lowest BCUT2D eigenvalue weighted by Crippen LogP contribution is -2.02. The highest BCUT2D eigenvalue weighted by Crippen LogP contribution is 2.28. The third-order valence-electron chi connectivity index (χ3n) is 3.65. The van der Waals surface area contributed by atoms with Gasteiger partial charge in [0.05, 0.1) is 11.3 Å². The van der Waals surface area contributed by atoms with Crippen LogP contribution in [0.1, 0.15) is 34.2 Å². The number of nitrogens with zero attached hydrogens (tertiary/aromatic N) is 3. The summed E-state index contributed by atoms with van der Waals surface area (Å²) in [6.45, 7) is 3.24. The number of rotatable bonds is 5. The first kappa shape index (κ1) is 16.9. The van der Waals surface area contributed by atoms with Crippen molar-refractivity contribution in [3.63, 3.8) is 0 Å². The van der Waals surface area contributed by atoms with E-state index in [-0.39, 0.29) is 5.78 Å². The number of hydrogen-bond donors (Lipinski definition) is 0. The molecule has 0 aliphatic carbocycles. The van der Waals surface area contributed by atoms with Crippen molar-refractivity contribution in [3.05, 3.63) is 65.0 Å². The van der Waals surface area contributed by atoms with Crippen LogP contribution in [0.4, 0.5) is 0 Å². The second-order valence-electron chi connectivity index (χ2n) is 5.48. The van der Waals surface area contributed by atoms with E-state index in [1.165, 1.54) is 18.7 Å². The molecule has 0 radical (unpaired) electrons. The van der Waals surface area contributed by atoms with Crippen molar-refractivity contribution in [2.24, 2.45) is 0 Å². The zero-order valence-electron chi connectivity index (χ0n) is 13.8. The minimum atomic E-state index is -0.0953. The van der Waals surface area contributed by atoms with Gasteiger partial charge in [-0.05, 0) is 19.9 Å². The molecule has 0 fully saturated rings. The maximum absolute atomic E-state index is 11.6. The molecule has 0 spiro atoms. The van der Waals surface area contributed by atoms with Crippen molar-refractivity contribution in [3.8, 4) is 17.4 Å². The third-order valence-corrected chi connectivity index (χ3v) is 4.68. The van der Waals surface area contributed by atoms with Gasteiger partial charge in [-0.15, -0.1) is 0 Å². The Balaban J connectivity index is 1.78. The van der Waals surface area contributed by atoms with Crippen LogP contribution < -0.4 is 0 Å². The van der Waals surface area contributed by atoms with Crippen molar-refractivity contribution in [2.75, 3.05) is 0 Å². The van der Waals surface area contributed by atoms with Gasteiger partial charge in [0.2, 0.25) is 0 Å². The Bertz CT molecular complexity index is 959. The SMILES string of the molecule is CC(=O)c1cc(C#N)c(SCc2cc(-c3ccccc3)on2)nc1C. The summed E-state index contributed by atoms with van der Waals surface area (Å²) in [5.41, 5.74) is 3.23. The molecule has 3 rings (SSSR count). The van der Waals surface area contributed by atoms with Crippen LogP contribution in [-0.4, -0.2) is 15.9 Å². The zero-order chi connectivity index (χ0) is 17.8. The largest absolute Gasteiger partial charge is 0.356 e. The summed E-state index contributed by atoms with van der Waals surface area (Å²) >= 11 is 1.40. The number of pyridine rings is 1. The van der Waals surface area contributed by atoms with E-state index in [4.69, 9.17) is 4.52 Å². The summed E-state index contributed by atoms with van der Waals surface area (Å²) in [6.07, 6.45) is 0. The van der Waals surface area contributed by atoms with Crippen LogP contribution in [-0.2, 0) is 5.75 Å². The first-order valence-corrected chi connectivity index (χ1v) is 8.63. The molecule has 124 valence electrons. The Kier molecular flexibility index (Phi) is 4.96. The average molecular weight is 349 g/mol. The van der Waals surface area contributed by atoms with Crippen LogP contribution >= 0.6 is 11.8 Å². The minimum absolute atomic E-state index is 0.0953. The van der Waals surface area contributed by atoms with Gasteiger partial charge in [0, 0.05) is 28.6 Å². The maximum Gasteiger partial charge on any atom is 0.167 e. The number of nitriles is 1. The van der Waals surface area contributed by atoms with E-state index in [0.29, 0.717) is 33.4 Å². The molecule has 0 unspecified atom stereocenters. The second-order valence-corrected chi connectivity index (χ2v) is 6.44. The predicted molar refractivity (Wildman–Crippen MR) is 95.2 cm³/mol. The van der Waals surface area contributed by atoms with Gasteiger partial charge >= 0.3 is 0 Å². The van der Waals surface area contributed by atoms with Gasteiger partial charge in [-0.2, -0.15) is 5.26 Å². The van der Waals surface area contributed by atoms with Crippen LogP contribution in [0, 0.1) is 18.3 Å². The molecule has 0 bridgehead atoms. The Morgan fingerprint density at radius 2 is 2.04 bits per heavy atom. The summed E-state index contributed by atoms with van der Waals surface area (Å²) in [4.78, 5) is 16.0. The number of hydrogen-bond acceptors (Lipinski definition) is 6. The summed E-state index contributed by atoms with van der Waals surface area (Å²) in [6, 6.07) is 15.3. The first-order valence-electron chi connectivity index (χ1n) is 7.65. The summed E-state index contributed by atoms with van der Waals surface area (Å²) in [7, 11) is 0. The molecule has 0 saturated carbocycles. The maximum atomic E-state index is 11.6. The molecule has 0 saturated heterocycles. The van der Waals surface area contributed by atoms with Gasteiger partial charge in [-0.3, -0.25) is 4.79 Å². The number of carbonyl (C=O) groups excluding carboxylic acids is 1. The van der Waals surface area contributed by atoms with Gasteiger partial charge in [0.25, 0.3) is 0 Å². The van der Waals surface area contributed by atoms with Crippen LogP contribution in [0.15, 0.2) is 52.0 Å². The van der Waals surface area contributed by atoms with Crippen molar-refractivity contribution in [1.29, 1.82) is 5.26 Å². The number of thioether (sulfide) groups is 1. The standard InChI is InChI=1S/C19H15N3O2S/c1-12-17(13(2)23)8-15(10-20)19(21-12)25-11-16-9-18(24-22-16)14-6-4-3-5-7-14/h3-9H,11H2,1-2H3. The molecule has 2 heterocycles. The monoisotopic (exact) mass is 349 g/mol. The van der Waals surface area contributed by atoms with E-state index in [0.717, 1.165) is 11.3 Å². The van der Waals surface area contributed by atoms with E-state index in [1.54, 1.807) is 13.0 Å². The molecule has 5 nitrogen and oxygen atoms in total. The van der Waals surface area contributed by atoms with Crippen molar-refractivity contribution in [1.82, 2.24) is 10.1 Å². The number of Topliss-reactive ketones (excluding diaryl/α,β-unsaturated/α-hetero) is 1. The second kappa shape index (κ2) is 7.32. The fourth-order valence-corrected chi connectivity index (χ4v) is 3.27. The van der Waals surface area contributed by atoms with Gasteiger partial charge in [0.15, 0.2) is 11.5 Å². The Morgan fingerprint density at radius 3 is 2.72 bits per heavy atom. The Hall–Kier alpha value is -2.91. The Morgan fingerprint density at radius 1 is 1.28 bits per heavy atom. The lowest BCUT2D eigenvalue weighted by Gasteiger charge is -2.06. The number of aromatic nitrogens is 2. The van der Waals surface area contributed by atoms with Gasteiger partial charge in [-0.25, -0.2) is 4.98 Å². The molecule has 1 aromatic carbocycles. The minimum Gasteiger partial charge on any atom is -0.356 e. The zero-order valence-corrected chi connectivity index (χ0v) is 14.6. The fourth-order valence-electron chi connectivity index (χ4n) is 2.39. The van der Waals surface area contributed by atoms with Crippen molar-refractivity contribution >= 4 is 17.5 Å². The molecule has 6 heteroatoms. The number of carbonyl (C=O) groups is 1. The molecule has 2 aromatic heterocycles. The number of aryl methyl sites for hydroxylation is 1. The molecule has 0 N–H and O–H groups in total. The molecular weight excluding hydrogens is 334 g/mol.